The molecule has 19 heavy (non-hydrogen) atoms. The number of aromatic nitrogens is 2. The van der Waals surface area contributed by atoms with Crippen LogP contribution in [0.15, 0.2) is 4.52 Å². The molecule has 1 aliphatic rings. The van der Waals surface area contributed by atoms with Gasteiger partial charge in [-0.05, 0) is 25.8 Å². The lowest BCUT2D eigenvalue weighted by Crippen LogP contribution is -2.35. The zero-order valence-electron chi connectivity index (χ0n) is 12.5. The van der Waals surface area contributed by atoms with E-state index in [4.69, 9.17) is 4.52 Å². The van der Waals surface area contributed by atoms with Gasteiger partial charge in [0.15, 0.2) is 5.82 Å². The van der Waals surface area contributed by atoms with E-state index in [1.165, 1.54) is 38.5 Å². The van der Waals surface area contributed by atoms with E-state index in [1.807, 2.05) is 0 Å². The number of hydrogen-bond donors (Lipinski definition) is 1. The topological polar surface area (TPSA) is 51.0 Å². The van der Waals surface area contributed by atoms with E-state index < -0.39 is 0 Å². The molecule has 1 heterocycles. The maximum Gasteiger partial charge on any atom is 0.231 e. The maximum atomic E-state index is 5.53. The monoisotopic (exact) mass is 265 g/mol. The third-order valence-electron chi connectivity index (χ3n) is 3.96. The van der Waals surface area contributed by atoms with Gasteiger partial charge in [-0.25, -0.2) is 0 Å². The first-order valence-corrected chi connectivity index (χ1v) is 7.79. The highest BCUT2D eigenvalue weighted by molar-refractivity contribution is 5.02. The molecule has 0 radical (unpaired) electrons. The molecule has 1 aromatic rings. The minimum atomic E-state index is 0.338. The van der Waals surface area contributed by atoms with E-state index >= 15 is 0 Å². The summed E-state index contributed by atoms with van der Waals surface area (Å²) < 4.78 is 5.53. The van der Waals surface area contributed by atoms with E-state index in [1.54, 1.807) is 0 Å². The largest absolute Gasteiger partial charge is 0.339 e. The first kappa shape index (κ1) is 14.5. The fourth-order valence-electron chi connectivity index (χ4n) is 2.81. The lowest BCUT2D eigenvalue weighted by molar-refractivity contribution is 0.302. The van der Waals surface area contributed by atoms with Crippen molar-refractivity contribution in [2.75, 3.05) is 6.54 Å². The van der Waals surface area contributed by atoms with Crippen LogP contribution in [0.4, 0.5) is 0 Å². The van der Waals surface area contributed by atoms with Crippen LogP contribution < -0.4 is 5.32 Å². The normalized spacial score (nSPS) is 24.6. The summed E-state index contributed by atoms with van der Waals surface area (Å²) in [7, 11) is 0. The van der Waals surface area contributed by atoms with Gasteiger partial charge in [0.05, 0.1) is 5.92 Å². The second-order valence-corrected chi connectivity index (χ2v) is 5.95. The summed E-state index contributed by atoms with van der Waals surface area (Å²) in [5.74, 6) is 2.42. The summed E-state index contributed by atoms with van der Waals surface area (Å²) in [4.78, 5) is 4.62. The first-order valence-electron chi connectivity index (χ1n) is 7.79. The van der Waals surface area contributed by atoms with Gasteiger partial charge in [-0.15, -0.1) is 0 Å². The SMILES string of the molecule is CCCNC1CCCCCC1c1nc(C(C)C)no1. The minimum absolute atomic E-state index is 0.338. The molecule has 1 saturated carbocycles. The zero-order valence-corrected chi connectivity index (χ0v) is 12.5. The Bertz CT molecular complexity index is 375. The molecule has 0 bridgehead atoms. The lowest BCUT2D eigenvalue weighted by atomic mass is 9.94. The number of rotatable bonds is 5. The predicted octanol–water partition coefficient (Wildman–Crippen LogP) is 3.61. The molecule has 1 aliphatic carbocycles. The summed E-state index contributed by atoms with van der Waals surface area (Å²) in [5.41, 5.74) is 0. The number of hydrogen-bond acceptors (Lipinski definition) is 4. The van der Waals surface area contributed by atoms with Gasteiger partial charge in [0.2, 0.25) is 5.89 Å². The van der Waals surface area contributed by atoms with Crippen LogP contribution in [0, 0.1) is 0 Å². The van der Waals surface area contributed by atoms with Crippen molar-refractivity contribution in [3.63, 3.8) is 0 Å². The van der Waals surface area contributed by atoms with Crippen LogP contribution >= 0.6 is 0 Å². The highest BCUT2D eigenvalue weighted by Gasteiger charge is 2.29. The molecule has 0 amide bonds. The third-order valence-corrected chi connectivity index (χ3v) is 3.96. The van der Waals surface area contributed by atoms with Gasteiger partial charge < -0.3 is 9.84 Å². The van der Waals surface area contributed by atoms with E-state index in [2.05, 4.69) is 36.2 Å². The Kier molecular flexibility index (Phi) is 5.37. The molecule has 2 unspecified atom stereocenters. The van der Waals surface area contributed by atoms with Gasteiger partial charge in [0.25, 0.3) is 0 Å². The third kappa shape index (κ3) is 3.78. The highest BCUT2D eigenvalue weighted by atomic mass is 16.5. The zero-order chi connectivity index (χ0) is 13.7. The van der Waals surface area contributed by atoms with Crippen molar-refractivity contribution in [3.8, 4) is 0 Å². The molecule has 108 valence electrons. The van der Waals surface area contributed by atoms with Crippen LogP contribution in [0.3, 0.4) is 0 Å². The summed E-state index contributed by atoms with van der Waals surface area (Å²) in [6.45, 7) is 7.50. The fraction of sp³-hybridized carbons (Fsp3) is 0.867. The molecule has 0 aromatic carbocycles. The average Bonchev–Trinajstić information content (AvgIpc) is 2.77. The average molecular weight is 265 g/mol. The minimum Gasteiger partial charge on any atom is -0.339 e. The van der Waals surface area contributed by atoms with Crippen LogP contribution in [0.1, 0.15) is 82.8 Å². The molecule has 0 saturated heterocycles. The van der Waals surface area contributed by atoms with E-state index in [9.17, 15) is 0 Å². The van der Waals surface area contributed by atoms with Crippen LogP contribution in [-0.2, 0) is 0 Å². The first-order chi connectivity index (χ1) is 9.22. The summed E-state index contributed by atoms with van der Waals surface area (Å²) in [5, 5.41) is 7.79. The Morgan fingerprint density at radius 1 is 1.26 bits per heavy atom. The van der Waals surface area contributed by atoms with Crippen LogP contribution in [-0.4, -0.2) is 22.7 Å². The smallest absolute Gasteiger partial charge is 0.231 e. The van der Waals surface area contributed by atoms with Crippen LogP contribution in [0.2, 0.25) is 0 Å². The number of nitrogens with one attached hydrogen (secondary N) is 1. The molecule has 4 heteroatoms. The van der Waals surface area contributed by atoms with Gasteiger partial charge in [-0.3, -0.25) is 0 Å². The Morgan fingerprint density at radius 3 is 2.74 bits per heavy atom. The van der Waals surface area contributed by atoms with Crippen molar-refractivity contribution in [1.82, 2.24) is 15.5 Å². The quantitative estimate of drug-likeness (QED) is 0.826. The van der Waals surface area contributed by atoms with E-state index in [-0.39, 0.29) is 0 Å². The summed E-state index contributed by atoms with van der Waals surface area (Å²) >= 11 is 0. The lowest BCUT2D eigenvalue weighted by Gasteiger charge is -2.23. The molecule has 1 N–H and O–H groups in total. The van der Waals surface area contributed by atoms with Crippen molar-refractivity contribution in [2.45, 2.75) is 77.2 Å². The Morgan fingerprint density at radius 2 is 2.05 bits per heavy atom. The van der Waals surface area contributed by atoms with Gasteiger partial charge in [0.1, 0.15) is 0 Å². The van der Waals surface area contributed by atoms with Crippen molar-refractivity contribution in [3.05, 3.63) is 11.7 Å². The number of nitrogens with zero attached hydrogens (tertiary/aromatic N) is 2. The van der Waals surface area contributed by atoms with Gasteiger partial charge in [-0.1, -0.05) is 45.2 Å². The molecule has 1 aromatic heterocycles. The summed E-state index contributed by atoms with van der Waals surface area (Å²) in [6.07, 6.45) is 7.47. The maximum absolute atomic E-state index is 5.53. The van der Waals surface area contributed by atoms with Crippen LogP contribution in [0.5, 0.6) is 0 Å². The molecular formula is C15H27N3O. The van der Waals surface area contributed by atoms with Crippen molar-refractivity contribution in [1.29, 1.82) is 0 Å². The van der Waals surface area contributed by atoms with Gasteiger partial charge in [0, 0.05) is 12.0 Å². The fourth-order valence-corrected chi connectivity index (χ4v) is 2.81. The van der Waals surface area contributed by atoms with Gasteiger partial charge in [-0.2, -0.15) is 4.98 Å². The molecule has 2 rings (SSSR count). The highest BCUT2D eigenvalue weighted by Crippen LogP contribution is 2.31. The molecule has 2 atom stereocenters. The Hall–Kier alpha value is -0.900. The second-order valence-electron chi connectivity index (χ2n) is 5.95. The standard InChI is InChI=1S/C15H27N3O/c1-4-10-16-13-9-7-5-6-8-12(13)15-17-14(11(2)3)18-19-15/h11-13,16H,4-10H2,1-3H3. The predicted molar refractivity (Wildman–Crippen MR) is 76.3 cm³/mol. The van der Waals surface area contributed by atoms with Crippen molar-refractivity contribution < 1.29 is 4.52 Å². The van der Waals surface area contributed by atoms with E-state index in [0.29, 0.717) is 17.9 Å². The van der Waals surface area contributed by atoms with Gasteiger partial charge >= 0.3 is 0 Å². The Balaban J connectivity index is 2.11. The molecule has 0 aliphatic heterocycles. The Labute approximate surface area is 116 Å². The molecular weight excluding hydrogens is 238 g/mol. The van der Waals surface area contributed by atoms with Crippen molar-refractivity contribution >= 4 is 0 Å². The molecule has 4 nitrogen and oxygen atoms in total. The summed E-state index contributed by atoms with van der Waals surface area (Å²) in [6, 6.07) is 0.503. The van der Waals surface area contributed by atoms with E-state index in [0.717, 1.165) is 18.3 Å². The molecule has 0 spiro atoms. The second kappa shape index (κ2) is 7.04. The van der Waals surface area contributed by atoms with Crippen molar-refractivity contribution in [2.24, 2.45) is 0 Å². The molecule has 1 fully saturated rings. The van der Waals surface area contributed by atoms with Crippen LogP contribution in [0.25, 0.3) is 0 Å².